The van der Waals surface area contributed by atoms with Gasteiger partial charge in [0, 0.05) is 6.42 Å². The van der Waals surface area contributed by atoms with Crippen LogP contribution >= 0.6 is 7.82 Å². The first kappa shape index (κ1) is 51.2. The van der Waals surface area contributed by atoms with Crippen LogP contribution in [0.15, 0.2) is 12.2 Å². The molecule has 310 valence electrons. The van der Waals surface area contributed by atoms with Crippen LogP contribution in [0.25, 0.3) is 0 Å². The molecule has 0 aliphatic carbocycles. The van der Waals surface area contributed by atoms with Crippen molar-refractivity contribution in [2.24, 2.45) is 0 Å². The van der Waals surface area contributed by atoms with Gasteiger partial charge in [-0.1, -0.05) is 174 Å². The molecule has 0 aliphatic heterocycles. The van der Waals surface area contributed by atoms with Crippen LogP contribution in [0.3, 0.4) is 0 Å². The molecular weight excluding hydrogens is 671 g/mol. The summed E-state index contributed by atoms with van der Waals surface area (Å²) in [4.78, 5) is 23.1. The summed E-state index contributed by atoms with van der Waals surface area (Å²) < 4.78 is 23.6. The molecule has 0 aromatic carbocycles. The Morgan fingerprint density at radius 1 is 0.635 bits per heavy atom. The Morgan fingerprint density at radius 2 is 1.04 bits per heavy atom. The first-order valence-electron chi connectivity index (χ1n) is 22.1. The van der Waals surface area contributed by atoms with E-state index in [4.69, 9.17) is 9.05 Å². The molecular formula is C43H88N2O6P+. The van der Waals surface area contributed by atoms with Crippen molar-refractivity contribution in [1.82, 2.24) is 5.32 Å². The van der Waals surface area contributed by atoms with Gasteiger partial charge in [-0.25, -0.2) is 4.57 Å². The number of quaternary nitrogens is 1. The normalized spacial score (nSPS) is 14.5. The number of hydrogen-bond acceptors (Lipinski definition) is 5. The molecule has 3 N–H and O–H groups in total. The maximum absolute atomic E-state index is 12.9. The molecule has 0 radical (unpaired) electrons. The Morgan fingerprint density at radius 3 is 1.48 bits per heavy atom. The van der Waals surface area contributed by atoms with Crippen molar-refractivity contribution in [3.05, 3.63) is 12.2 Å². The topological polar surface area (TPSA) is 105 Å². The van der Waals surface area contributed by atoms with E-state index in [9.17, 15) is 19.4 Å². The first-order chi connectivity index (χ1) is 25.0. The van der Waals surface area contributed by atoms with E-state index in [1.165, 1.54) is 128 Å². The number of allylic oxidation sites excluding steroid dienone is 2. The summed E-state index contributed by atoms with van der Waals surface area (Å²) in [6, 6.07) is -0.759. The molecule has 0 saturated carbocycles. The lowest BCUT2D eigenvalue weighted by atomic mass is 10.0. The molecule has 52 heavy (non-hydrogen) atoms. The van der Waals surface area contributed by atoms with Gasteiger partial charge >= 0.3 is 7.82 Å². The number of hydrogen-bond donors (Lipinski definition) is 3. The minimum Gasteiger partial charge on any atom is -0.391 e. The Balaban J connectivity index is 4.34. The molecule has 3 atom stereocenters. The van der Waals surface area contributed by atoms with E-state index >= 15 is 0 Å². The van der Waals surface area contributed by atoms with Crippen LogP contribution in [-0.4, -0.2) is 73.4 Å². The third kappa shape index (κ3) is 37.6. The number of phosphoric acid groups is 1. The molecule has 0 saturated heterocycles. The van der Waals surface area contributed by atoms with Gasteiger partial charge in [0.05, 0.1) is 39.9 Å². The van der Waals surface area contributed by atoms with E-state index < -0.39 is 20.0 Å². The highest BCUT2D eigenvalue weighted by atomic mass is 31.2. The lowest BCUT2D eigenvalue weighted by Crippen LogP contribution is -2.46. The summed E-state index contributed by atoms with van der Waals surface area (Å²) >= 11 is 0. The maximum atomic E-state index is 12.9. The van der Waals surface area contributed by atoms with Crippen molar-refractivity contribution >= 4 is 13.7 Å². The van der Waals surface area contributed by atoms with Gasteiger partial charge in [-0.2, -0.15) is 0 Å². The summed E-state index contributed by atoms with van der Waals surface area (Å²) in [6.07, 6.45) is 39.5. The second-order valence-corrected chi connectivity index (χ2v) is 17.9. The van der Waals surface area contributed by atoms with Gasteiger partial charge < -0.3 is 19.8 Å². The predicted octanol–water partition coefficient (Wildman–Crippen LogP) is 12.0. The molecule has 0 aromatic rings. The molecule has 0 heterocycles. The van der Waals surface area contributed by atoms with Gasteiger partial charge in [-0.15, -0.1) is 0 Å². The minimum absolute atomic E-state index is 0.0748. The zero-order valence-electron chi connectivity index (χ0n) is 35.1. The van der Waals surface area contributed by atoms with Crippen molar-refractivity contribution in [3.63, 3.8) is 0 Å². The van der Waals surface area contributed by atoms with Crippen LogP contribution in [-0.2, 0) is 18.4 Å². The number of unbranched alkanes of at least 4 members (excludes halogenated alkanes) is 25. The van der Waals surface area contributed by atoms with Gasteiger partial charge in [0.25, 0.3) is 0 Å². The van der Waals surface area contributed by atoms with Crippen molar-refractivity contribution in [2.45, 2.75) is 219 Å². The standard InChI is InChI=1S/C43H87N2O6P/c1-6-8-10-12-14-16-18-20-21-22-23-24-25-27-29-31-33-35-37-43(47)44-41(40-51-52(48,49)50-39-38-45(3,4)5)42(46)36-34-32-30-28-26-19-17-15-13-11-9-7-2/h23-24,41-42,46H,6-22,25-40H2,1-5H3,(H-,44,47,48,49)/p+1/b24-23-. The Labute approximate surface area is 322 Å². The fraction of sp³-hybridized carbons (Fsp3) is 0.930. The van der Waals surface area contributed by atoms with E-state index in [1.54, 1.807) is 0 Å². The molecule has 0 aromatic heterocycles. The summed E-state index contributed by atoms with van der Waals surface area (Å²) in [7, 11) is 1.61. The minimum atomic E-state index is -4.31. The number of carbonyl (C=O) groups excluding carboxylic acids is 1. The predicted molar refractivity (Wildman–Crippen MR) is 222 cm³/mol. The second-order valence-electron chi connectivity index (χ2n) is 16.4. The summed E-state index contributed by atoms with van der Waals surface area (Å²) in [5.74, 6) is -0.152. The molecule has 0 fully saturated rings. The first-order valence-corrected chi connectivity index (χ1v) is 23.5. The van der Waals surface area contributed by atoms with E-state index in [0.29, 0.717) is 23.9 Å². The number of carbonyl (C=O) groups is 1. The highest BCUT2D eigenvalue weighted by molar-refractivity contribution is 7.47. The average molecular weight is 760 g/mol. The van der Waals surface area contributed by atoms with Crippen molar-refractivity contribution < 1.29 is 32.9 Å². The van der Waals surface area contributed by atoms with Crippen LogP contribution in [0, 0.1) is 0 Å². The monoisotopic (exact) mass is 760 g/mol. The average Bonchev–Trinajstić information content (AvgIpc) is 3.09. The number of aliphatic hydroxyl groups excluding tert-OH is 1. The van der Waals surface area contributed by atoms with Crippen LogP contribution in [0.2, 0.25) is 0 Å². The van der Waals surface area contributed by atoms with Crippen LogP contribution < -0.4 is 5.32 Å². The van der Waals surface area contributed by atoms with Gasteiger partial charge in [0.2, 0.25) is 5.91 Å². The van der Waals surface area contributed by atoms with Gasteiger partial charge in [-0.3, -0.25) is 13.8 Å². The summed E-state index contributed by atoms with van der Waals surface area (Å²) in [5, 5.41) is 13.9. The number of amides is 1. The molecule has 3 unspecified atom stereocenters. The Kier molecular flexibility index (Phi) is 35.4. The second kappa shape index (κ2) is 35.9. The molecule has 0 aliphatic rings. The molecule has 0 bridgehead atoms. The Bertz CT molecular complexity index is 865. The van der Waals surface area contributed by atoms with E-state index in [2.05, 4.69) is 31.3 Å². The molecule has 1 amide bonds. The number of aliphatic hydroxyl groups is 1. The summed E-state index contributed by atoms with van der Waals surface area (Å²) in [6.45, 7) is 4.88. The SMILES string of the molecule is CCCCCCCCCCC/C=C\CCCCCCCC(=O)NC(COP(=O)(O)OCC[N+](C)(C)C)C(O)CCCCCCCCCCCCCC. The lowest BCUT2D eigenvalue weighted by Gasteiger charge is -2.26. The van der Waals surface area contributed by atoms with Gasteiger partial charge in [0.15, 0.2) is 0 Å². The van der Waals surface area contributed by atoms with Crippen molar-refractivity contribution in [1.29, 1.82) is 0 Å². The molecule has 8 nitrogen and oxygen atoms in total. The van der Waals surface area contributed by atoms with Crippen molar-refractivity contribution in [2.75, 3.05) is 40.9 Å². The maximum Gasteiger partial charge on any atom is 0.472 e. The molecule has 0 spiro atoms. The number of nitrogens with zero attached hydrogens (tertiary/aromatic N) is 1. The van der Waals surface area contributed by atoms with Crippen LogP contribution in [0.4, 0.5) is 0 Å². The Hall–Kier alpha value is -0.760. The lowest BCUT2D eigenvalue weighted by molar-refractivity contribution is -0.870. The highest BCUT2D eigenvalue weighted by Crippen LogP contribution is 2.43. The zero-order chi connectivity index (χ0) is 38.6. The van der Waals surface area contributed by atoms with Crippen LogP contribution in [0.1, 0.15) is 206 Å². The van der Waals surface area contributed by atoms with E-state index in [0.717, 1.165) is 51.4 Å². The van der Waals surface area contributed by atoms with Crippen molar-refractivity contribution in [3.8, 4) is 0 Å². The van der Waals surface area contributed by atoms with E-state index in [-0.39, 0.29) is 19.1 Å². The number of rotatable bonds is 40. The summed E-state index contributed by atoms with van der Waals surface area (Å²) in [5.41, 5.74) is 0. The fourth-order valence-corrected chi connectivity index (χ4v) is 7.19. The number of likely N-dealkylation sites (N-methyl/N-ethyl adjacent to an activating group) is 1. The quantitative estimate of drug-likeness (QED) is 0.0249. The smallest absolute Gasteiger partial charge is 0.391 e. The largest absolute Gasteiger partial charge is 0.472 e. The van der Waals surface area contributed by atoms with Crippen LogP contribution in [0.5, 0.6) is 0 Å². The third-order valence-electron chi connectivity index (χ3n) is 10.0. The van der Waals surface area contributed by atoms with Gasteiger partial charge in [-0.05, 0) is 38.5 Å². The fourth-order valence-electron chi connectivity index (χ4n) is 6.45. The van der Waals surface area contributed by atoms with Gasteiger partial charge in [0.1, 0.15) is 13.2 Å². The highest BCUT2D eigenvalue weighted by Gasteiger charge is 2.28. The third-order valence-corrected chi connectivity index (χ3v) is 11.0. The molecule has 9 heteroatoms. The number of phosphoric ester groups is 1. The molecule has 0 rings (SSSR count). The number of nitrogens with one attached hydrogen (secondary N) is 1. The van der Waals surface area contributed by atoms with E-state index in [1.807, 2.05) is 21.1 Å². The zero-order valence-corrected chi connectivity index (χ0v) is 36.0.